The zero-order chi connectivity index (χ0) is 74.2. The third kappa shape index (κ3) is 10.8. The molecular weight excluding hydrogens is 1320 g/mol. The number of nitrogens with zero attached hydrogens (tertiary/aromatic N) is 4. The Kier molecular flexibility index (Phi) is 15.0. The highest BCUT2D eigenvalue weighted by atomic mass is 15.2. The molecule has 0 atom stereocenters. The van der Waals surface area contributed by atoms with Crippen molar-refractivity contribution < 1.29 is 0 Å². The lowest BCUT2D eigenvalue weighted by molar-refractivity contribution is 0.332. The Morgan fingerprint density at radius 3 is 1.10 bits per heavy atom. The highest BCUT2D eigenvalue weighted by Crippen LogP contribution is 2.53. The van der Waals surface area contributed by atoms with Gasteiger partial charge in [0, 0.05) is 61.4 Å². The van der Waals surface area contributed by atoms with E-state index >= 15 is 0 Å². The Morgan fingerprint density at radius 2 is 0.606 bits per heavy atom. The number of anilines is 6. The highest BCUT2D eigenvalue weighted by molar-refractivity contribution is 7.00. The van der Waals surface area contributed by atoms with E-state index in [1.165, 1.54) is 151 Å². The first-order chi connectivity index (χ1) is 52.6. The van der Waals surface area contributed by atoms with Crippen molar-refractivity contribution in [1.29, 1.82) is 0 Å². The maximum atomic E-state index is 2.64. The number of fused-ring (bicyclic) bond motifs is 12. The van der Waals surface area contributed by atoms with Gasteiger partial charge in [-0.05, 0) is 244 Å². The molecule has 0 amide bonds. The van der Waals surface area contributed by atoms with E-state index in [-0.39, 0.29) is 33.8 Å². The second-order valence-electron chi connectivity index (χ2n) is 35.4. The molecule has 4 aliphatic rings. The zero-order valence-electron chi connectivity index (χ0n) is 64.6. The predicted octanol–water partition coefficient (Wildman–Crippen LogP) is 26.3. The molecule has 2 aliphatic heterocycles. The second-order valence-corrected chi connectivity index (χ2v) is 35.4. The predicted molar refractivity (Wildman–Crippen MR) is 466 cm³/mol. The van der Waals surface area contributed by atoms with E-state index in [1.807, 2.05) is 0 Å². The van der Waals surface area contributed by atoms with E-state index in [4.69, 9.17) is 0 Å². The van der Waals surface area contributed by atoms with E-state index in [1.54, 1.807) is 0 Å². The second kappa shape index (κ2) is 24.4. The fourth-order valence-electron chi connectivity index (χ4n) is 19.4. The van der Waals surface area contributed by atoms with Crippen molar-refractivity contribution in [3.63, 3.8) is 0 Å². The summed E-state index contributed by atoms with van der Waals surface area (Å²) in [5, 5.41) is 4.89. The molecule has 16 aromatic rings. The monoisotopic (exact) mass is 1410 g/mol. The summed E-state index contributed by atoms with van der Waals surface area (Å²) in [4.78, 5) is 5.28. The molecule has 14 aromatic carbocycles. The molecule has 4 heterocycles. The van der Waals surface area contributed by atoms with Crippen LogP contribution < -0.4 is 26.2 Å². The molecule has 0 saturated heterocycles. The summed E-state index contributed by atoms with van der Waals surface area (Å²) in [5.41, 5.74) is 37.0. The van der Waals surface area contributed by atoms with Crippen LogP contribution in [0.1, 0.15) is 130 Å². The van der Waals surface area contributed by atoms with Crippen molar-refractivity contribution >= 4 is 101 Å². The van der Waals surface area contributed by atoms with Gasteiger partial charge in [-0.2, -0.15) is 0 Å². The van der Waals surface area contributed by atoms with Crippen molar-refractivity contribution in [2.75, 3.05) is 9.80 Å². The smallest absolute Gasteiger partial charge is 0.252 e. The fraction of sp³-hybridized carbons (Fsp3) is 0.192. The lowest BCUT2D eigenvalue weighted by Crippen LogP contribution is -2.61. The van der Waals surface area contributed by atoms with Crippen LogP contribution in [0, 0.1) is 0 Å². The Bertz CT molecular complexity index is 6240. The molecule has 0 spiro atoms. The van der Waals surface area contributed by atoms with Crippen LogP contribution in [0.25, 0.3) is 111 Å². The molecule has 0 fully saturated rings. The minimum atomic E-state index is -0.177. The van der Waals surface area contributed by atoms with Crippen molar-refractivity contribution in [2.45, 2.75) is 129 Å². The van der Waals surface area contributed by atoms with Gasteiger partial charge in [-0.3, -0.25) is 0 Å². The first kappa shape index (κ1) is 66.8. The van der Waals surface area contributed by atoms with E-state index in [9.17, 15) is 0 Å². The van der Waals surface area contributed by atoms with Crippen LogP contribution in [0.15, 0.2) is 303 Å². The third-order valence-electron chi connectivity index (χ3n) is 25.8. The lowest BCUT2D eigenvalue weighted by Gasteiger charge is -2.44. The summed E-state index contributed by atoms with van der Waals surface area (Å²) in [6.45, 7) is 26.3. The zero-order valence-corrected chi connectivity index (χ0v) is 64.6. The minimum absolute atomic E-state index is 0.0431. The van der Waals surface area contributed by atoms with Crippen molar-refractivity contribution in [2.24, 2.45) is 0 Å². The van der Waals surface area contributed by atoms with Crippen LogP contribution in [0.4, 0.5) is 34.1 Å². The average molecular weight is 1410 g/mol. The van der Waals surface area contributed by atoms with Crippen LogP contribution >= 0.6 is 0 Å². The Hall–Kier alpha value is -11.7. The quantitative estimate of drug-likeness (QED) is 0.134. The maximum Gasteiger partial charge on any atom is 0.252 e. The number of rotatable bonds is 9. The van der Waals surface area contributed by atoms with Gasteiger partial charge in [0.05, 0.1) is 27.8 Å². The SMILES string of the molecule is CC(C)(C)c1cccc(-c2ccc3c(c2)N(c2ccc(-c4ccc5c(c4)C(C)(C)CCC5(C)C)cc2)c2cc(-n4c5ccc(-c6ccccc6)cc5c5cc(-c6ccccc6)ccc54)cc4c2B3c2ccc(-n3c5ccccc5c5ccccc53)cc2N4c2ccc(-c3ccc4c(c3)C(C)(C)CCC4(C)C)cc2)c1. The van der Waals surface area contributed by atoms with E-state index in [0.717, 1.165) is 63.7 Å². The first-order valence-electron chi connectivity index (χ1n) is 39.5. The molecule has 20 rings (SSSR count). The molecule has 4 nitrogen and oxygen atoms in total. The van der Waals surface area contributed by atoms with Gasteiger partial charge in [-0.15, -0.1) is 0 Å². The minimum Gasteiger partial charge on any atom is -0.311 e. The Labute approximate surface area is 642 Å². The molecule has 0 unspecified atom stereocenters. The summed E-state index contributed by atoms with van der Waals surface area (Å²) < 4.78 is 5.08. The summed E-state index contributed by atoms with van der Waals surface area (Å²) in [6.07, 6.45) is 4.69. The summed E-state index contributed by atoms with van der Waals surface area (Å²) in [7, 11) is 0. The molecule has 530 valence electrons. The standard InChI is InChI=1S/C104H91BN4/c1-100(2,3)76-28-22-27-70(57-76)75-39-49-89-95(62-75)106(77-42-33-68(34-43-77)73-37-47-85-87(60-73)103(8,9)55-53-101(85,4)5)97-64-80(109-93-51-40-71(66-23-14-12-15-24-66)58-83(93)84-59-72(41-52-94(84)109)67-25-16-13-17-26-67)65-98-99(97)105(89)90-50-46-79(108-91-31-20-18-29-81(91)82-30-19-21-32-92(82)108)63-96(90)107(98)78-44-35-69(36-45-78)74-38-48-86-88(61-74)104(10,11)56-54-102(86,6)7/h12-52,57-65H,53-56H2,1-11H3. The summed E-state index contributed by atoms with van der Waals surface area (Å²) in [5.74, 6) is 0. The molecule has 0 N–H and O–H groups in total. The molecular formula is C104H91BN4. The van der Waals surface area contributed by atoms with Gasteiger partial charge in [-0.1, -0.05) is 288 Å². The maximum absolute atomic E-state index is 2.64. The van der Waals surface area contributed by atoms with Crippen molar-refractivity contribution in [3.8, 4) is 67.0 Å². The van der Waals surface area contributed by atoms with Gasteiger partial charge in [-0.25, -0.2) is 0 Å². The number of aromatic nitrogens is 2. The summed E-state index contributed by atoms with van der Waals surface area (Å²) >= 11 is 0. The van der Waals surface area contributed by atoms with Crippen LogP contribution in [0.5, 0.6) is 0 Å². The van der Waals surface area contributed by atoms with Gasteiger partial charge in [0.25, 0.3) is 6.71 Å². The van der Waals surface area contributed by atoms with Crippen molar-refractivity contribution in [3.05, 3.63) is 331 Å². The number of hydrogen-bond donors (Lipinski definition) is 0. The molecule has 5 heteroatoms. The Balaban J connectivity index is 0.878. The van der Waals surface area contributed by atoms with Crippen LogP contribution in [-0.2, 0) is 27.1 Å². The third-order valence-corrected chi connectivity index (χ3v) is 25.8. The lowest BCUT2D eigenvalue weighted by atomic mass is 9.33. The molecule has 109 heavy (non-hydrogen) atoms. The normalized spacial score (nSPS) is 15.8. The highest BCUT2D eigenvalue weighted by Gasteiger charge is 2.45. The first-order valence-corrected chi connectivity index (χ1v) is 39.5. The van der Waals surface area contributed by atoms with Crippen LogP contribution in [0.2, 0.25) is 0 Å². The van der Waals surface area contributed by atoms with Gasteiger partial charge >= 0.3 is 0 Å². The number of para-hydroxylation sites is 2. The number of benzene rings is 14. The molecule has 0 radical (unpaired) electrons. The molecule has 0 bridgehead atoms. The molecule has 0 saturated carbocycles. The average Bonchev–Trinajstić information content (AvgIpc) is 1.30. The summed E-state index contributed by atoms with van der Waals surface area (Å²) in [6, 6.07) is 117. The van der Waals surface area contributed by atoms with Gasteiger partial charge in [0.2, 0.25) is 0 Å². The van der Waals surface area contributed by atoms with E-state index in [2.05, 4.69) is 398 Å². The number of hydrogen-bond acceptors (Lipinski definition) is 2. The van der Waals surface area contributed by atoms with Crippen LogP contribution in [-0.4, -0.2) is 15.8 Å². The van der Waals surface area contributed by atoms with Gasteiger partial charge < -0.3 is 18.9 Å². The van der Waals surface area contributed by atoms with E-state index < -0.39 is 0 Å². The van der Waals surface area contributed by atoms with Gasteiger partial charge in [0.15, 0.2) is 0 Å². The topological polar surface area (TPSA) is 16.3 Å². The van der Waals surface area contributed by atoms with Crippen LogP contribution in [0.3, 0.4) is 0 Å². The largest absolute Gasteiger partial charge is 0.311 e. The van der Waals surface area contributed by atoms with E-state index in [0.29, 0.717) is 0 Å². The Morgan fingerprint density at radius 1 is 0.257 bits per heavy atom. The van der Waals surface area contributed by atoms with Gasteiger partial charge in [0.1, 0.15) is 0 Å². The van der Waals surface area contributed by atoms with Crippen molar-refractivity contribution in [1.82, 2.24) is 9.13 Å². The molecule has 2 aromatic heterocycles. The molecule has 2 aliphatic carbocycles. The fourth-order valence-corrected chi connectivity index (χ4v) is 19.4.